The van der Waals surface area contributed by atoms with Gasteiger partial charge in [-0.05, 0) is 41.5 Å². The predicted octanol–water partition coefficient (Wildman–Crippen LogP) is 2.57. The minimum absolute atomic E-state index is 0.263. The third-order valence-electron chi connectivity index (χ3n) is 2.16. The van der Waals surface area contributed by atoms with Crippen LogP contribution in [0.2, 0.25) is 0 Å². The average molecular weight is 254 g/mol. The summed E-state index contributed by atoms with van der Waals surface area (Å²) in [4.78, 5) is 11.7. The van der Waals surface area contributed by atoms with Crippen molar-refractivity contribution in [1.82, 2.24) is 9.78 Å². The molecule has 0 spiro atoms. The first kappa shape index (κ1) is 14.5. The molecule has 0 aliphatic carbocycles. The molecule has 1 unspecified atom stereocenters. The van der Waals surface area contributed by atoms with E-state index in [1.54, 1.807) is 24.0 Å². The van der Waals surface area contributed by atoms with Gasteiger partial charge in [-0.2, -0.15) is 5.10 Å². The fourth-order valence-corrected chi connectivity index (χ4v) is 1.30. The number of esters is 1. The molecule has 102 valence electrons. The van der Waals surface area contributed by atoms with Crippen molar-refractivity contribution in [3.8, 4) is 5.75 Å². The van der Waals surface area contributed by atoms with Gasteiger partial charge < -0.3 is 9.47 Å². The SMILES string of the molecule is CC(Oc1cnn(C(C)C)c1)C(=O)OC(C)(C)C. The van der Waals surface area contributed by atoms with Crippen molar-refractivity contribution < 1.29 is 14.3 Å². The molecule has 0 amide bonds. The molecule has 1 aromatic rings. The van der Waals surface area contributed by atoms with Crippen molar-refractivity contribution in [3.05, 3.63) is 12.4 Å². The molecule has 18 heavy (non-hydrogen) atoms. The Hall–Kier alpha value is -1.52. The molecule has 1 aromatic heterocycles. The first-order valence-electron chi connectivity index (χ1n) is 6.12. The third-order valence-corrected chi connectivity index (χ3v) is 2.16. The third kappa shape index (κ3) is 4.39. The summed E-state index contributed by atoms with van der Waals surface area (Å²) in [6.45, 7) is 11.2. The molecule has 1 heterocycles. The van der Waals surface area contributed by atoms with Crippen molar-refractivity contribution in [3.63, 3.8) is 0 Å². The molecule has 0 aliphatic heterocycles. The maximum atomic E-state index is 11.7. The van der Waals surface area contributed by atoms with Gasteiger partial charge in [0.05, 0.1) is 12.4 Å². The summed E-state index contributed by atoms with van der Waals surface area (Å²) in [7, 11) is 0. The van der Waals surface area contributed by atoms with Gasteiger partial charge in [-0.15, -0.1) is 0 Å². The van der Waals surface area contributed by atoms with E-state index >= 15 is 0 Å². The number of carbonyl (C=O) groups excluding carboxylic acids is 1. The number of rotatable bonds is 4. The smallest absolute Gasteiger partial charge is 0.347 e. The molecule has 5 heteroatoms. The summed E-state index contributed by atoms with van der Waals surface area (Å²) in [5, 5.41) is 4.14. The van der Waals surface area contributed by atoms with Crippen LogP contribution in [-0.4, -0.2) is 27.5 Å². The van der Waals surface area contributed by atoms with E-state index < -0.39 is 11.7 Å². The number of carbonyl (C=O) groups is 1. The fourth-order valence-electron chi connectivity index (χ4n) is 1.30. The van der Waals surface area contributed by atoms with Crippen LogP contribution in [0.3, 0.4) is 0 Å². The van der Waals surface area contributed by atoms with Crippen LogP contribution in [0.25, 0.3) is 0 Å². The highest BCUT2D eigenvalue weighted by atomic mass is 16.6. The zero-order valence-corrected chi connectivity index (χ0v) is 11.9. The molecule has 0 fully saturated rings. The number of hydrogen-bond donors (Lipinski definition) is 0. The van der Waals surface area contributed by atoms with Gasteiger partial charge in [-0.1, -0.05) is 0 Å². The van der Waals surface area contributed by atoms with Gasteiger partial charge in [-0.3, -0.25) is 4.68 Å². The summed E-state index contributed by atoms with van der Waals surface area (Å²) < 4.78 is 12.5. The van der Waals surface area contributed by atoms with E-state index in [9.17, 15) is 4.79 Å². The first-order valence-corrected chi connectivity index (χ1v) is 6.12. The zero-order chi connectivity index (χ0) is 13.9. The maximum absolute atomic E-state index is 11.7. The van der Waals surface area contributed by atoms with E-state index in [0.717, 1.165) is 0 Å². The normalized spacial score (nSPS) is 13.5. The highest BCUT2D eigenvalue weighted by Crippen LogP contribution is 2.16. The molecule has 5 nitrogen and oxygen atoms in total. The number of ether oxygens (including phenoxy) is 2. The average Bonchev–Trinajstić information content (AvgIpc) is 2.63. The van der Waals surface area contributed by atoms with Gasteiger partial charge >= 0.3 is 5.97 Å². The van der Waals surface area contributed by atoms with Crippen LogP contribution in [0, 0.1) is 0 Å². The van der Waals surface area contributed by atoms with Gasteiger partial charge in [-0.25, -0.2) is 4.79 Å². The van der Waals surface area contributed by atoms with E-state index in [-0.39, 0.29) is 12.0 Å². The van der Waals surface area contributed by atoms with Crippen LogP contribution in [-0.2, 0) is 9.53 Å². The van der Waals surface area contributed by atoms with Crippen molar-refractivity contribution in [2.45, 2.75) is 59.3 Å². The molecule has 1 rings (SSSR count). The van der Waals surface area contributed by atoms with Crippen molar-refractivity contribution in [2.75, 3.05) is 0 Å². The van der Waals surface area contributed by atoms with Crippen LogP contribution in [0.1, 0.15) is 47.6 Å². The Labute approximate surface area is 108 Å². The second-order valence-electron chi connectivity index (χ2n) is 5.54. The Morgan fingerprint density at radius 2 is 1.94 bits per heavy atom. The van der Waals surface area contributed by atoms with Crippen LogP contribution in [0.5, 0.6) is 5.75 Å². The number of hydrogen-bond acceptors (Lipinski definition) is 4. The van der Waals surface area contributed by atoms with E-state index in [4.69, 9.17) is 9.47 Å². The lowest BCUT2D eigenvalue weighted by atomic mass is 10.2. The first-order chi connectivity index (χ1) is 8.19. The molecular weight excluding hydrogens is 232 g/mol. The predicted molar refractivity (Wildman–Crippen MR) is 68.5 cm³/mol. The van der Waals surface area contributed by atoms with E-state index in [0.29, 0.717) is 5.75 Å². The lowest BCUT2D eigenvalue weighted by molar-refractivity contribution is -0.162. The van der Waals surface area contributed by atoms with Crippen molar-refractivity contribution >= 4 is 5.97 Å². The molecular formula is C13H22N2O3. The molecule has 0 aliphatic rings. The number of aromatic nitrogens is 2. The van der Waals surface area contributed by atoms with E-state index in [2.05, 4.69) is 5.10 Å². The summed E-state index contributed by atoms with van der Waals surface area (Å²) >= 11 is 0. The monoisotopic (exact) mass is 254 g/mol. The molecule has 0 N–H and O–H groups in total. The topological polar surface area (TPSA) is 53.4 Å². The second kappa shape index (κ2) is 5.42. The summed E-state index contributed by atoms with van der Waals surface area (Å²) in [5.74, 6) is 0.196. The molecule has 0 saturated heterocycles. The van der Waals surface area contributed by atoms with Gasteiger partial charge in [0.1, 0.15) is 5.60 Å². The van der Waals surface area contributed by atoms with E-state index in [1.165, 1.54) is 0 Å². The zero-order valence-electron chi connectivity index (χ0n) is 11.9. The van der Waals surface area contributed by atoms with Crippen LogP contribution >= 0.6 is 0 Å². The van der Waals surface area contributed by atoms with Gasteiger partial charge in [0.2, 0.25) is 0 Å². The standard InChI is InChI=1S/C13H22N2O3/c1-9(2)15-8-11(7-14-15)17-10(3)12(16)18-13(4,5)6/h7-10H,1-6H3. The van der Waals surface area contributed by atoms with Gasteiger partial charge in [0.15, 0.2) is 11.9 Å². The Morgan fingerprint density at radius 3 is 2.39 bits per heavy atom. The highest BCUT2D eigenvalue weighted by Gasteiger charge is 2.23. The van der Waals surface area contributed by atoms with Crippen LogP contribution < -0.4 is 4.74 Å². The maximum Gasteiger partial charge on any atom is 0.347 e. The Kier molecular flexibility index (Phi) is 4.38. The molecule has 0 aromatic carbocycles. The summed E-state index contributed by atoms with van der Waals surface area (Å²) in [6.07, 6.45) is 2.72. The molecule has 0 saturated carbocycles. The summed E-state index contributed by atoms with van der Waals surface area (Å²) in [6, 6.07) is 0.263. The highest BCUT2D eigenvalue weighted by molar-refractivity contribution is 5.75. The Morgan fingerprint density at radius 1 is 1.33 bits per heavy atom. The van der Waals surface area contributed by atoms with Gasteiger partial charge in [0, 0.05) is 6.04 Å². The lowest BCUT2D eigenvalue weighted by Crippen LogP contribution is -2.33. The Bertz CT molecular complexity index is 405. The second-order valence-corrected chi connectivity index (χ2v) is 5.54. The minimum Gasteiger partial charge on any atom is -0.476 e. The van der Waals surface area contributed by atoms with Crippen molar-refractivity contribution in [1.29, 1.82) is 0 Å². The van der Waals surface area contributed by atoms with Crippen LogP contribution in [0.15, 0.2) is 12.4 Å². The molecule has 0 radical (unpaired) electrons. The fraction of sp³-hybridized carbons (Fsp3) is 0.692. The molecule has 1 atom stereocenters. The van der Waals surface area contributed by atoms with Crippen LogP contribution in [0.4, 0.5) is 0 Å². The van der Waals surface area contributed by atoms with E-state index in [1.807, 2.05) is 34.6 Å². The minimum atomic E-state index is -0.644. The quantitative estimate of drug-likeness (QED) is 0.775. The van der Waals surface area contributed by atoms with Gasteiger partial charge in [0.25, 0.3) is 0 Å². The largest absolute Gasteiger partial charge is 0.476 e. The Balaban J connectivity index is 2.58. The number of nitrogens with zero attached hydrogens (tertiary/aromatic N) is 2. The van der Waals surface area contributed by atoms with Crippen molar-refractivity contribution in [2.24, 2.45) is 0 Å². The summed E-state index contributed by atoms with van der Waals surface area (Å²) in [5.41, 5.74) is -0.503. The lowest BCUT2D eigenvalue weighted by Gasteiger charge is -2.22. The molecule has 0 bridgehead atoms.